The number of anilines is 1. The summed E-state index contributed by atoms with van der Waals surface area (Å²) < 4.78 is 0.555. The van der Waals surface area contributed by atoms with E-state index in [4.69, 9.17) is 11.6 Å². The average molecular weight is 294 g/mol. The molecule has 1 aliphatic rings. The number of nitrogens with one attached hydrogen (secondary N) is 2. The maximum absolute atomic E-state index is 11.4. The lowest BCUT2D eigenvalue weighted by Gasteiger charge is -2.20. The molecule has 0 aliphatic carbocycles. The van der Waals surface area contributed by atoms with Gasteiger partial charge < -0.3 is 10.6 Å². The molecule has 0 unspecified atom stereocenters. The maximum atomic E-state index is 11.4. The van der Waals surface area contributed by atoms with Crippen LogP contribution in [0.3, 0.4) is 0 Å². The average Bonchev–Trinajstić information content (AvgIpc) is 2.81. The molecule has 1 amide bonds. The molecule has 98 valence electrons. The molecule has 6 heteroatoms. The lowest BCUT2D eigenvalue weighted by atomic mass is 9.99. The van der Waals surface area contributed by atoms with E-state index in [1.54, 1.807) is 6.20 Å². The first-order valence-corrected chi connectivity index (χ1v) is 7.13. The fraction of sp³-hybridized carbons (Fsp3) is 0.231. The first-order chi connectivity index (χ1) is 9.22. The minimum Gasteiger partial charge on any atom is -0.380 e. The Morgan fingerprint density at radius 2 is 2.37 bits per heavy atom. The third-order valence-corrected chi connectivity index (χ3v) is 4.18. The zero-order chi connectivity index (χ0) is 13.2. The molecule has 0 spiro atoms. The van der Waals surface area contributed by atoms with Crippen molar-refractivity contribution in [3.8, 4) is 0 Å². The Kier molecular flexibility index (Phi) is 3.40. The molecular formula is C13H12ClN3OS. The molecule has 1 aliphatic heterocycles. The highest BCUT2D eigenvalue weighted by Crippen LogP contribution is 2.25. The lowest BCUT2D eigenvalue weighted by molar-refractivity contribution is -0.121. The smallest absolute Gasteiger partial charge is 0.224 e. The number of amides is 1. The summed E-state index contributed by atoms with van der Waals surface area (Å²) in [6.07, 6.45) is 2.23. The van der Waals surface area contributed by atoms with Gasteiger partial charge >= 0.3 is 0 Å². The van der Waals surface area contributed by atoms with Crippen LogP contribution in [-0.4, -0.2) is 10.9 Å². The number of fused-ring (bicyclic) bond motifs is 1. The largest absolute Gasteiger partial charge is 0.380 e. The molecule has 1 aromatic carbocycles. The summed E-state index contributed by atoms with van der Waals surface area (Å²) in [5, 5.41) is 6.25. The summed E-state index contributed by atoms with van der Waals surface area (Å²) in [6.45, 7) is 1.27. The van der Waals surface area contributed by atoms with E-state index in [0.29, 0.717) is 24.0 Å². The summed E-state index contributed by atoms with van der Waals surface area (Å²) >= 11 is 7.27. The van der Waals surface area contributed by atoms with E-state index in [9.17, 15) is 4.79 Å². The van der Waals surface area contributed by atoms with E-state index in [0.717, 1.165) is 21.7 Å². The van der Waals surface area contributed by atoms with Crippen LogP contribution < -0.4 is 10.6 Å². The summed E-state index contributed by atoms with van der Waals surface area (Å²) in [7, 11) is 0. The number of rotatable bonds is 3. The van der Waals surface area contributed by atoms with Gasteiger partial charge in [-0.15, -0.1) is 11.3 Å². The summed E-state index contributed by atoms with van der Waals surface area (Å²) in [4.78, 5) is 16.5. The van der Waals surface area contributed by atoms with Crippen LogP contribution in [0.25, 0.3) is 0 Å². The van der Waals surface area contributed by atoms with Gasteiger partial charge in [-0.25, -0.2) is 4.98 Å². The summed E-state index contributed by atoms with van der Waals surface area (Å²) in [5.41, 5.74) is 3.32. The van der Waals surface area contributed by atoms with Gasteiger partial charge in [-0.1, -0.05) is 23.7 Å². The Morgan fingerprint density at radius 1 is 1.47 bits per heavy atom. The number of thiazole rings is 1. The number of nitrogens with zero attached hydrogens (tertiary/aromatic N) is 1. The molecule has 2 N–H and O–H groups in total. The number of halogens is 1. The second-order valence-electron chi connectivity index (χ2n) is 4.33. The van der Waals surface area contributed by atoms with E-state index in [1.807, 2.05) is 18.2 Å². The van der Waals surface area contributed by atoms with Crippen LogP contribution in [0.1, 0.15) is 16.0 Å². The van der Waals surface area contributed by atoms with Crippen molar-refractivity contribution < 1.29 is 4.79 Å². The number of aromatic nitrogens is 1. The van der Waals surface area contributed by atoms with Crippen LogP contribution in [0.15, 0.2) is 24.4 Å². The number of hydrogen-bond donors (Lipinski definition) is 2. The standard InChI is InChI=1S/C13H12ClN3OS/c14-13-17-6-9(19-13)5-15-11-3-1-2-8-4-12(18)16-7-10(8)11/h1-3,6,15H,4-5,7H2,(H,16,18). The third-order valence-electron chi connectivity index (χ3n) is 3.06. The molecule has 0 atom stereocenters. The second-order valence-corrected chi connectivity index (χ2v) is 6.03. The van der Waals surface area contributed by atoms with E-state index < -0.39 is 0 Å². The van der Waals surface area contributed by atoms with Crippen molar-refractivity contribution in [3.63, 3.8) is 0 Å². The van der Waals surface area contributed by atoms with E-state index in [1.165, 1.54) is 11.3 Å². The van der Waals surface area contributed by atoms with Crippen molar-refractivity contribution in [2.75, 3.05) is 5.32 Å². The third kappa shape index (κ3) is 2.72. The van der Waals surface area contributed by atoms with Gasteiger partial charge in [0.1, 0.15) is 0 Å². The molecule has 19 heavy (non-hydrogen) atoms. The van der Waals surface area contributed by atoms with Crippen LogP contribution in [-0.2, 0) is 24.3 Å². The van der Waals surface area contributed by atoms with Crippen molar-refractivity contribution in [3.05, 3.63) is 44.9 Å². The van der Waals surface area contributed by atoms with E-state index in [-0.39, 0.29) is 5.91 Å². The summed E-state index contributed by atoms with van der Waals surface area (Å²) in [5.74, 6) is 0.0823. The molecule has 1 aromatic heterocycles. The Bertz CT molecular complexity index is 626. The molecule has 0 saturated heterocycles. The molecule has 2 heterocycles. The van der Waals surface area contributed by atoms with Crippen molar-refractivity contribution in [2.45, 2.75) is 19.5 Å². The van der Waals surface area contributed by atoms with Gasteiger partial charge in [0.25, 0.3) is 0 Å². The van der Waals surface area contributed by atoms with Gasteiger partial charge in [-0.2, -0.15) is 0 Å². The number of hydrogen-bond acceptors (Lipinski definition) is 4. The molecule has 2 aromatic rings. The van der Waals surface area contributed by atoms with Crippen molar-refractivity contribution >= 4 is 34.5 Å². The Morgan fingerprint density at radius 3 is 3.16 bits per heavy atom. The quantitative estimate of drug-likeness (QED) is 0.914. The van der Waals surface area contributed by atoms with Gasteiger partial charge in [0.05, 0.1) is 13.0 Å². The van der Waals surface area contributed by atoms with Crippen molar-refractivity contribution in [1.82, 2.24) is 10.3 Å². The highest BCUT2D eigenvalue weighted by molar-refractivity contribution is 7.15. The second kappa shape index (κ2) is 5.19. The Hall–Kier alpha value is -1.59. The fourth-order valence-electron chi connectivity index (χ4n) is 2.14. The minimum absolute atomic E-state index is 0.0823. The molecule has 3 rings (SSSR count). The van der Waals surface area contributed by atoms with Crippen LogP contribution in [0.2, 0.25) is 4.47 Å². The predicted octanol–water partition coefficient (Wildman–Crippen LogP) is 2.58. The fourth-order valence-corrected chi connectivity index (χ4v) is 3.06. The normalized spacial score (nSPS) is 13.8. The van der Waals surface area contributed by atoms with Crippen LogP contribution in [0.5, 0.6) is 0 Å². The topological polar surface area (TPSA) is 54.0 Å². The van der Waals surface area contributed by atoms with Crippen LogP contribution in [0.4, 0.5) is 5.69 Å². The molecule has 0 saturated carbocycles. The zero-order valence-electron chi connectivity index (χ0n) is 10.1. The van der Waals surface area contributed by atoms with Crippen molar-refractivity contribution in [1.29, 1.82) is 0 Å². The lowest BCUT2D eigenvalue weighted by Crippen LogP contribution is -2.30. The van der Waals surface area contributed by atoms with Gasteiger partial charge in [0.15, 0.2) is 4.47 Å². The van der Waals surface area contributed by atoms with Crippen LogP contribution >= 0.6 is 22.9 Å². The molecule has 0 radical (unpaired) electrons. The predicted molar refractivity (Wildman–Crippen MR) is 76.4 cm³/mol. The van der Waals surface area contributed by atoms with Gasteiger partial charge in [0.2, 0.25) is 5.91 Å². The number of carbonyl (C=O) groups excluding carboxylic acids is 1. The summed E-state index contributed by atoms with van der Waals surface area (Å²) in [6, 6.07) is 6.00. The minimum atomic E-state index is 0.0823. The Labute approximate surface area is 119 Å². The Balaban J connectivity index is 1.78. The van der Waals surface area contributed by atoms with Crippen LogP contribution in [0, 0.1) is 0 Å². The molecule has 0 bridgehead atoms. The molecule has 4 nitrogen and oxygen atoms in total. The molecular weight excluding hydrogens is 282 g/mol. The zero-order valence-corrected chi connectivity index (χ0v) is 11.6. The monoisotopic (exact) mass is 293 g/mol. The number of carbonyl (C=O) groups is 1. The maximum Gasteiger partial charge on any atom is 0.224 e. The SMILES string of the molecule is O=C1Cc2cccc(NCc3cnc(Cl)s3)c2CN1. The van der Waals surface area contributed by atoms with E-state index in [2.05, 4.69) is 15.6 Å². The number of benzene rings is 1. The first kappa shape index (κ1) is 12.4. The van der Waals surface area contributed by atoms with Gasteiger partial charge in [-0.3, -0.25) is 4.79 Å². The van der Waals surface area contributed by atoms with Gasteiger partial charge in [0, 0.05) is 23.3 Å². The molecule has 0 fully saturated rings. The highest BCUT2D eigenvalue weighted by atomic mass is 35.5. The first-order valence-electron chi connectivity index (χ1n) is 5.94. The van der Waals surface area contributed by atoms with Gasteiger partial charge in [-0.05, 0) is 17.2 Å². The van der Waals surface area contributed by atoms with E-state index >= 15 is 0 Å². The van der Waals surface area contributed by atoms with Crippen molar-refractivity contribution in [2.24, 2.45) is 0 Å². The highest BCUT2D eigenvalue weighted by Gasteiger charge is 2.17.